The molecule has 1 saturated heterocycles. The third-order valence-electron chi connectivity index (χ3n) is 3.48. The molecule has 0 spiro atoms. The molecule has 3 amide bonds. The molecule has 0 unspecified atom stereocenters. The second kappa shape index (κ2) is 4.78. The van der Waals surface area contributed by atoms with Gasteiger partial charge in [0.15, 0.2) is 0 Å². The molecule has 1 fully saturated rings. The highest BCUT2D eigenvalue weighted by Crippen LogP contribution is 2.25. The fourth-order valence-corrected chi connectivity index (χ4v) is 2.23. The van der Waals surface area contributed by atoms with Gasteiger partial charge in [0.1, 0.15) is 5.54 Å². The third-order valence-corrected chi connectivity index (χ3v) is 3.48. The van der Waals surface area contributed by atoms with Crippen molar-refractivity contribution < 1.29 is 9.59 Å². The van der Waals surface area contributed by atoms with Gasteiger partial charge in [-0.3, -0.25) is 4.79 Å². The number of aryl methyl sites for hydroxylation is 1. The molecule has 96 valence electrons. The zero-order valence-corrected chi connectivity index (χ0v) is 10.3. The van der Waals surface area contributed by atoms with Crippen LogP contribution in [0.4, 0.5) is 4.79 Å². The lowest BCUT2D eigenvalue weighted by Crippen LogP contribution is -2.47. The lowest BCUT2D eigenvalue weighted by molar-refractivity contribution is -0.131. The van der Waals surface area contributed by atoms with Gasteiger partial charge in [-0.25, -0.2) is 10.6 Å². The number of hydrazine groups is 1. The average Bonchev–Trinajstić information content (AvgIpc) is 2.63. The molecule has 1 aromatic carbocycles. The summed E-state index contributed by atoms with van der Waals surface area (Å²) in [6.45, 7) is 1.88. The molecule has 0 aliphatic carbocycles. The van der Waals surface area contributed by atoms with Gasteiger partial charge in [-0.1, -0.05) is 37.3 Å². The monoisotopic (exact) mass is 247 g/mol. The van der Waals surface area contributed by atoms with Crippen LogP contribution in [0.2, 0.25) is 0 Å². The summed E-state index contributed by atoms with van der Waals surface area (Å²) in [5, 5.41) is 3.37. The van der Waals surface area contributed by atoms with Crippen LogP contribution in [0.1, 0.15) is 25.3 Å². The number of benzene rings is 1. The van der Waals surface area contributed by atoms with Crippen LogP contribution in [0.15, 0.2) is 30.3 Å². The molecule has 0 bridgehead atoms. The summed E-state index contributed by atoms with van der Waals surface area (Å²) in [6, 6.07) is 9.35. The summed E-state index contributed by atoms with van der Waals surface area (Å²) in [7, 11) is 0. The number of hydrogen-bond acceptors (Lipinski definition) is 3. The first-order valence-corrected chi connectivity index (χ1v) is 6.04. The van der Waals surface area contributed by atoms with Gasteiger partial charge in [0.25, 0.3) is 5.91 Å². The fourth-order valence-electron chi connectivity index (χ4n) is 2.23. The highest BCUT2D eigenvalue weighted by Gasteiger charge is 2.48. The number of nitrogens with two attached hydrogens (primary N) is 1. The third kappa shape index (κ3) is 2.09. The van der Waals surface area contributed by atoms with Crippen LogP contribution >= 0.6 is 0 Å². The van der Waals surface area contributed by atoms with E-state index in [1.54, 1.807) is 0 Å². The Balaban J connectivity index is 2.11. The molecule has 18 heavy (non-hydrogen) atoms. The number of carbonyl (C=O) groups is 2. The number of rotatable bonds is 4. The first-order chi connectivity index (χ1) is 8.59. The van der Waals surface area contributed by atoms with Gasteiger partial charge in [-0.15, -0.1) is 0 Å². The molecule has 0 aromatic heterocycles. The van der Waals surface area contributed by atoms with Crippen LogP contribution in [0.5, 0.6) is 0 Å². The highest BCUT2D eigenvalue weighted by molar-refractivity contribution is 6.06. The number of urea groups is 1. The molecule has 1 aromatic rings. The predicted molar refractivity (Wildman–Crippen MR) is 67.4 cm³/mol. The highest BCUT2D eigenvalue weighted by atomic mass is 16.2. The van der Waals surface area contributed by atoms with E-state index in [0.717, 1.165) is 12.0 Å². The van der Waals surface area contributed by atoms with Crippen molar-refractivity contribution in [2.24, 2.45) is 5.84 Å². The van der Waals surface area contributed by atoms with Gasteiger partial charge in [-0.2, -0.15) is 5.01 Å². The van der Waals surface area contributed by atoms with Gasteiger partial charge in [0.2, 0.25) is 0 Å². The largest absolute Gasteiger partial charge is 0.339 e. The summed E-state index contributed by atoms with van der Waals surface area (Å²) in [5.41, 5.74) is 0.296. The molecular formula is C13H17N3O2. The van der Waals surface area contributed by atoms with Crippen LogP contribution in [0.25, 0.3) is 0 Å². The Hall–Kier alpha value is -1.88. The Morgan fingerprint density at radius 3 is 2.44 bits per heavy atom. The van der Waals surface area contributed by atoms with Crippen LogP contribution < -0.4 is 11.2 Å². The van der Waals surface area contributed by atoms with Crippen molar-refractivity contribution in [1.29, 1.82) is 0 Å². The number of imide groups is 1. The van der Waals surface area contributed by atoms with Crippen LogP contribution in [0.3, 0.4) is 0 Å². The molecule has 1 atom stereocenters. The number of hydrogen-bond donors (Lipinski definition) is 2. The Morgan fingerprint density at radius 1 is 1.28 bits per heavy atom. The molecule has 0 saturated carbocycles. The molecule has 3 N–H and O–H groups in total. The molecule has 1 aliphatic rings. The number of nitrogens with zero attached hydrogens (tertiary/aromatic N) is 1. The van der Waals surface area contributed by atoms with E-state index in [0.29, 0.717) is 17.9 Å². The Morgan fingerprint density at radius 2 is 1.94 bits per heavy atom. The van der Waals surface area contributed by atoms with Crippen molar-refractivity contribution in [3.05, 3.63) is 35.9 Å². The smallest absolute Gasteiger partial charge is 0.322 e. The minimum atomic E-state index is -0.846. The van der Waals surface area contributed by atoms with E-state index in [9.17, 15) is 9.59 Å². The number of nitrogens with one attached hydrogen (secondary N) is 1. The van der Waals surface area contributed by atoms with Gasteiger partial charge in [0.05, 0.1) is 0 Å². The average molecular weight is 247 g/mol. The van der Waals surface area contributed by atoms with E-state index in [2.05, 4.69) is 5.32 Å². The molecule has 0 radical (unpaired) electrons. The lowest BCUT2D eigenvalue weighted by Gasteiger charge is -2.24. The van der Waals surface area contributed by atoms with Gasteiger partial charge >= 0.3 is 6.03 Å². The van der Waals surface area contributed by atoms with Crippen LogP contribution in [-0.2, 0) is 11.2 Å². The van der Waals surface area contributed by atoms with Gasteiger partial charge < -0.3 is 5.32 Å². The second-order valence-electron chi connectivity index (χ2n) is 4.53. The molecule has 5 nitrogen and oxygen atoms in total. The molecule has 1 heterocycles. The van der Waals surface area contributed by atoms with Crippen molar-refractivity contribution in [3.8, 4) is 0 Å². The zero-order valence-electron chi connectivity index (χ0n) is 10.3. The number of amides is 3. The minimum Gasteiger partial charge on any atom is -0.322 e. The maximum Gasteiger partial charge on any atom is 0.339 e. The predicted octanol–water partition coefficient (Wildman–Crippen LogP) is 1.19. The van der Waals surface area contributed by atoms with E-state index >= 15 is 0 Å². The minimum absolute atomic E-state index is 0.342. The van der Waals surface area contributed by atoms with Crippen LogP contribution in [-0.4, -0.2) is 22.5 Å². The Labute approximate surface area is 106 Å². The summed E-state index contributed by atoms with van der Waals surface area (Å²) in [6.07, 6.45) is 1.83. The summed E-state index contributed by atoms with van der Waals surface area (Å²) >= 11 is 0. The van der Waals surface area contributed by atoms with Crippen molar-refractivity contribution in [2.75, 3.05) is 0 Å². The van der Waals surface area contributed by atoms with Crippen molar-refractivity contribution in [1.82, 2.24) is 10.3 Å². The fraction of sp³-hybridized carbons (Fsp3) is 0.385. The lowest BCUT2D eigenvalue weighted by atomic mass is 9.89. The maximum atomic E-state index is 12.0. The summed E-state index contributed by atoms with van der Waals surface area (Å²) < 4.78 is 0. The van der Waals surface area contributed by atoms with E-state index in [-0.39, 0.29) is 5.91 Å². The molecular weight excluding hydrogens is 230 g/mol. The van der Waals surface area contributed by atoms with Crippen molar-refractivity contribution in [3.63, 3.8) is 0 Å². The van der Waals surface area contributed by atoms with Crippen molar-refractivity contribution in [2.45, 2.75) is 31.7 Å². The van der Waals surface area contributed by atoms with Crippen molar-refractivity contribution >= 4 is 11.9 Å². The van der Waals surface area contributed by atoms with E-state index in [1.807, 2.05) is 37.3 Å². The first kappa shape index (κ1) is 12.6. The zero-order chi connectivity index (χ0) is 13.2. The Kier molecular flexibility index (Phi) is 3.34. The maximum absolute atomic E-state index is 12.0. The van der Waals surface area contributed by atoms with Gasteiger partial charge in [0, 0.05) is 0 Å². The first-order valence-electron chi connectivity index (χ1n) is 6.04. The standard InChI is InChI=1S/C13H17N3O2/c1-2-13(11(17)16(14)12(18)15-13)9-8-10-6-4-3-5-7-10/h3-7H,2,8-9,14H2,1H3,(H,15,18)/t13-/m0/s1. The van der Waals surface area contributed by atoms with E-state index in [1.165, 1.54) is 0 Å². The van der Waals surface area contributed by atoms with E-state index in [4.69, 9.17) is 5.84 Å². The van der Waals surface area contributed by atoms with Crippen LogP contribution in [0, 0.1) is 0 Å². The quantitative estimate of drug-likeness (QED) is 0.477. The topological polar surface area (TPSA) is 75.4 Å². The van der Waals surface area contributed by atoms with E-state index < -0.39 is 11.6 Å². The SMILES string of the molecule is CC[C@@]1(CCc2ccccc2)NC(=O)N(N)C1=O. The van der Waals surface area contributed by atoms with Gasteiger partial charge in [-0.05, 0) is 24.8 Å². The molecule has 2 rings (SSSR count). The molecule has 5 heteroatoms. The Bertz CT molecular complexity index is 461. The molecule has 1 aliphatic heterocycles. The second-order valence-corrected chi connectivity index (χ2v) is 4.53. The summed E-state index contributed by atoms with van der Waals surface area (Å²) in [5.74, 6) is 5.07. The summed E-state index contributed by atoms with van der Waals surface area (Å²) in [4.78, 5) is 23.4. The normalized spacial score (nSPS) is 23.3. The number of carbonyl (C=O) groups excluding carboxylic acids is 2.